The number of carbonyl (C=O) groups is 3. The third kappa shape index (κ3) is 4.57. The number of nitrogens with one attached hydrogen (secondary N) is 1. The van der Waals surface area contributed by atoms with Gasteiger partial charge in [0.2, 0.25) is 5.91 Å². The van der Waals surface area contributed by atoms with E-state index in [0.717, 1.165) is 33.7 Å². The number of nitrogens with zero attached hydrogens (tertiary/aromatic N) is 2. The zero-order valence-corrected chi connectivity index (χ0v) is 17.8. The van der Waals surface area contributed by atoms with Gasteiger partial charge in [-0.05, 0) is 65.9 Å². The Hall–Kier alpha value is -3.85. The van der Waals surface area contributed by atoms with Crippen LogP contribution in [-0.4, -0.2) is 40.2 Å². The highest BCUT2D eigenvalue weighted by molar-refractivity contribution is 8.18. The van der Waals surface area contributed by atoms with E-state index in [1.807, 2.05) is 47.3 Å². The van der Waals surface area contributed by atoms with Crippen LogP contribution in [0.4, 0.5) is 14.9 Å². The summed E-state index contributed by atoms with van der Waals surface area (Å²) in [5.41, 5.74) is 1.62. The number of imide groups is 1. The van der Waals surface area contributed by atoms with E-state index in [0.29, 0.717) is 0 Å². The lowest BCUT2D eigenvalue weighted by atomic mass is 10.3. The Balaban J connectivity index is 1.45. The lowest BCUT2D eigenvalue weighted by Crippen LogP contribution is -2.36. The van der Waals surface area contributed by atoms with Crippen LogP contribution >= 0.6 is 11.8 Å². The Morgan fingerprint density at radius 3 is 2.59 bits per heavy atom. The molecule has 4 rings (SSSR count). The molecule has 1 aliphatic heterocycles. The number of thioether (sulfide) groups is 1. The average molecular weight is 451 g/mol. The second-order valence-corrected chi connectivity index (χ2v) is 7.84. The predicted octanol–water partition coefficient (Wildman–Crippen LogP) is 4.30. The molecule has 1 aliphatic rings. The SMILES string of the molecule is COc1ccc(-n2ccc(/C=C3/SC(=O)N(CC(=O)Nc4ccccc4F)C3=O)c2)cc1. The minimum Gasteiger partial charge on any atom is -0.497 e. The normalized spacial score (nSPS) is 14.8. The highest BCUT2D eigenvalue weighted by Crippen LogP contribution is 2.32. The topological polar surface area (TPSA) is 80.6 Å². The van der Waals surface area contributed by atoms with Gasteiger partial charge in [-0.15, -0.1) is 0 Å². The number of rotatable bonds is 6. The number of benzene rings is 2. The monoisotopic (exact) mass is 451 g/mol. The smallest absolute Gasteiger partial charge is 0.294 e. The van der Waals surface area contributed by atoms with Crippen LogP contribution in [0, 0.1) is 5.82 Å². The summed E-state index contributed by atoms with van der Waals surface area (Å²) in [5, 5.41) is 1.82. The summed E-state index contributed by atoms with van der Waals surface area (Å²) in [6.45, 7) is -0.497. The van der Waals surface area contributed by atoms with Gasteiger partial charge in [-0.25, -0.2) is 4.39 Å². The average Bonchev–Trinajstić information content (AvgIpc) is 3.36. The molecule has 0 saturated carbocycles. The fraction of sp³-hybridized carbons (Fsp3) is 0.0870. The van der Waals surface area contributed by atoms with E-state index < -0.39 is 29.4 Å². The molecule has 3 aromatic rings. The molecule has 3 amide bonds. The molecule has 1 saturated heterocycles. The number of hydrogen-bond donors (Lipinski definition) is 1. The maximum atomic E-state index is 13.7. The molecular weight excluding hydrogens is 433 g/mol. The Kier molecular flexibility index (Phi) is 6.09. The first-order valence-electron chi connectivity index (χ1n) is 9.57. The van der Waals surface area contributed by atoms with Crippen LogP contribution in [0.5, 0.6) is 5.75 Å². The maximum Gasteiger partial charge on any atom is 0.294 e. The van der Waals surface area contributed by atoms with Crippen LogP contribution in [0.2, 0.25) is 0 Å². The molecule has 32 heavy (non-hydrogen) atoms. The summed E-state index contributed by atoms with van der Waals surface area (Å²) in [6.07, 6.45) is 5.25. The molecule has 0 radical (unpaired) electrons. The van der Waals surface area contributed by atoms with E-state index in [1.54, 1.807) is 19.3 Å². The van der Waals surface area contributed by atoms with Crippen LogP contribution in [0.25, 0.3) is 11.8 Å². The fourth-order valence-electron chi connectivity index (χ4n) is 3.10. The van der Waals surface area contributed by atoms with Crippen molar-refractivity contribution in [2.45, 2.75) is 0 Å². The molecule has 162 valence electrons. The molecule has 0 atom stereocenters. The van der Waals surface area contributed by atoms with Crippen molar-refractivity contribution >= 4 is 40.6 Å². The fourth-order valence-corrected chi connectivity index (χ4v) is 3.94. The van der Waals surface area contributed by atoms with Gasteiger partial charge in [-0.2, -0.15) is 0 Å². The third-order valence-corrected chi connectivity index (χ3v) is 5.61. The van der Waals surface area contributed by atoms with Gasteiger partial charge >= 0.3 is 0 Å². The minimum absolute atomic E-state index is 0.0140. The van der Waals surface area contributed by atoms with Crippen molar-refractivity contribution in [3.05, 3.63) is 83.3 Å². The van der Waals surface area contributed by atoms with Crippen LogP contribution in [-0.2, 0) is 9.59 Å². The number of para-hydroxylation sites is 1. The number of methoxy groups -OCH3 is 1. The Morgan fingerprint density at radius 1 is 1.12 bits per heavy atom. The first-order chi connectivity index (χ1) is 15.4. The number of amides is 3. The minimum atomic E-state index is -0.663. The first kappa shape index (κ1) is 21.4. The van der Waals surface area contributed by atoms with E-state index in [2.05, 4.69) is 5.32 Å². The van der Waals surface area contributed by atoms with Gasteiger partial charge in [0.25, 0.3) is 11.1 Å². The zero-order chi connectivity index (χ0) is 22.7. The molecule has 0 aliphatic carbocycles. The summed E-state index contributed by atoms with van der Waals surface area (Å²) < 4.78 is 20.7. The quantitative estimate of drug-likeness (QED) is 0.565. The van der Waals surface area contributed by atoms with Crippen LogP contribution in [0.1, 0.15) is 5.56 Å². The molecule has 9 heteroatoms. The molecule has 1 aromatic heterocycles. The van der Waals surface area contributed by atoms with Gasteiger partial charge in [0.15, 0.2) is 0 Å². The third-order valence-electron chi connectivity index (χ3n) is 4.71. The van der Waals surface area contributed by atoms with Gasteiger partial charge in [0.05, 0.1) is 17.7 Å². The molecule has 7 nitrogen and oxygen atoms in total. The lowest BCUT2D eigenvalue weighted by molar-refractivity contribution is -0.127. The summed E-state index contributed by atoms with van der Waals surface area (Å²) in [5.74, 6) is -1.09. The standard InChI is InChI=1S/C23H18FN3O4S/c1-31-17-8-6-16(7-9-17)26-11-10-15(13-26)12-20-22(29)27(23(30)32-20)14-21(28)25-19-5-3-2-4-18(19)24/h2-13H,14H2,1H3,(H,25,28)/b20-12+. The van der Waals surface area contributed by atoms with Crippen LogP contribution in [0.3, 0.4) is 0 Å². The highest BCUT2D eigenvalue weighted by atomic mass is 32.2. The Labute approximate surface area is 187 Å². The molecule has 0 spiro atoms. The number of aromatic nitrogens is 1. The predicted molar refractivity (Wildman–Crippen MR) is 120 cm³/mol. The van der Waals surface area contributed by atoms with E-state index in [-0.39, 0.29) is 10.6 Å². The van der Waals surface area contributed by atoms with Crippen molar-refractivity contribution < 1.29 is 23.5 Å². The van der Waals surface area contributed by atoms with Gasteiger partial charge in [0, 0.05) is 18.1 Å². The molecule has 0 bridgehead atoms. The summed E-state index contributed by atoms with van der Waals surface area (Å²) in [6, 6.07) is 14.9. The van der Waals surface area contributed by atoms with E-state index in [9.17, 15) is 18.8 Å². The summed E-state index contributed by atoms with van der Waals surface area (Å²) in [4.78, 5) is 38.2. The number of hydrogen-bond acceptors (Lipinski definition) is 5. The van der Waals surface area contributed by atoms with Crippen molar-refractivity contribution in [3.8, 4) is 11.4 Å². The van der Waals surface area contributed by atoms with Crippen molar-refractivity contribution in [1.82, 2.24) is 9.47 Å². The Morgan fingerprint density at radius 2 is 1.88 bits per heavy atom. The number of halogens is 1. The van der Waals surface area contributed by atoms with Crippen molar-refractivity contribution in [1.29, 1.82) is 0 Å². The largest absolute Gasteiger partial charge is 0.497 e. The lowest BCUT2D eigenvalue weighted by Gasteiger charge is -2.12. The van der Waals surface area contributed by atoms with Gasteiger partial charge in [-0.1, -0.05) is 12.1 Å². The number of anilines is 1. The second-order valence-electron chi connectivity index (χ2n) is 6.85. The molecule has 2 aromatic carbocycles. The van der Waals surface area contributed by atoms with E-state index in [1.165, 1.54) is 18.2 Å². The van der Waals surface area contributed by atoms with Crippen LogP contribution in [0.15, 0.2) is 71.9 Å². The van der Waals surface area contributed by atoms with Crippen molar-refractivity contribution in [2.24, 2.45) is 0 Å². The molecule has 0 unspecified atom stereocenters. The number of ether oxygens (including phenoxy) is 1. The van der Waals surface area contributed by atoms with Crippen LogP contribution < -0.4 is 10.1 Å². The van der Waals surface area contributed by atoms with Crippen molar-refractivity contribution in [3.63, 3.8) is 0 Å². The first-order valence-corrected chi connectivity index (χ1v) is 10.4. The highest BCUT2D eigenvalue weighted by Gasteiger charge is 2.36. The Bertz CT molecular complexity index is 1220. The second kappa shape index (κ2) is 9.11. The summed E-state index contributed by atoms with van der Waals surface area (Å²) in [7, 11) is 1.60. The molecule has 2 heterocycles. The number of carbonyl (C=O) groups excluding carboxylic acids is 3. The maximum absolute atomic E-state index is 13.7. The van der Waals surface area contributed by atoms with E-state index >= 15 is 0 Å². The van der Waals surface area contributed by atoms with Crippen molar-refractivity contribution in [2.75, 3.05) is 19.0 Å². The molecule has 1 fully saturated rings. The molecule has 1 N–H and O–H groups in total. The van der Waals surface area contributed by atoms with E-state index in [4.69, 9.17) is 4.74 Å². The van der Waals surface area contributed by atoms with Gasteiger partial charge in [-0.3, -0.25) is 19.3 Å². The zero-order valence-electron chi connectivity index (χ0n) is 16.9. The summed E-state index contributed by atoms with van der Waals surface area (Å²) >= 11 is 0.757. The molecular formula is C23H18FN3O4S. The van der Waals surface area contributed by atoms with Gasteiger partial charge < -0.3 is 14.6 Å². The van der Waals surface area contributed by atoms with Gasteiger partial charge in [0.1, 0.15) is 18.1 Å².